The molecule has 1 N–H and O–H groups in total. The molecular weight excluding hydrogens is 520 g/mol. The minimum Gasteiger partial charge on any atom is -0.481 e. The van der Waals surface area contributed by atoms with Crippen molar-refractivity contribution in [3.8, 4) is 0 Å². The Balaban J connectivity index is 1.94. The predicted molar refractivity (Wildman–Crippen MR) is 110 cm³/mol. The van der Waals surface area contributed by atoms with Gasteiger partial charge in [0, 0.05) is 19.0 Å². The highest BCUT2D eigenvalue weighted by Gasteiger charge is 2.49. The number of aliphatic carboxylic acids is 1. The van der Waals surface area contributed by atoms with Gasteiger partial charge in [0.2, 0.25) is 10.0 Å². The summed E-state index contributed by atoms with van der Waals surface area (Å²) in [6, 6.07) is 5.41. The molecule has 2 atom stereocenters. The number of carboxylic acid groups (broad SMARTS) is 1. The second-order valence-corrected chi connectivity index (χ2v) is 10.4. The number of pyridine rings is 1. The molecule has 0 unspecified atom stereocenters. The Morgan fingerprint density at radius 2 is 1.94 bits per heavy atom. The van der Waals surface area contributed by atoms with E-state index in [-0.39, 0.29) is 31.5 Å². The van der Waals surface area contributed by atoms with Crippen LogP contribution < -0.4 is 0 Å². The quantitative estimate of drug-likeness (QED) is 0.447. The molecule has 1 aliphatic rings. The van der Waals surface area contributed by atoms with E-state index in [1.54, 1.807) is 0 Å². The fourth-order valence-corrected chi connectivity index (χ4v) is 6.25. The molecule has 0 aliphatic carbocycles. The molecule has 3 rings (SSSR count). The zero-order valence-electron chi connectivity index (χ0n) is 16.7. The Morgan fingerprint density at radius 1 is 1.28 bits per heavy atom. The first kappa shape index (κ1) is 24.6. The second-order valence-electron chi connectivity index (χ2n) is 7.74. The number of halogens is 5. The zero-order chi connectivity index (χ0) is 23.9. The Morgan fingerprint density at radius 3 is 2.53 bits per heavy atom. The van der Waals surface area contributed by atoms with E-state index >= 15 is 0 Å². The minimum absolute atomic E-state index is 0.0901. The average molecular weight is 539 g/mol. The Labute approximate surface area is 190 Å². The van der Waals surface area contributed by atoms with Gasteiger partial charge >= 0.3 is 12.1 Å². The third kappa shape index (κ3) is 4.67. The van der Waals surface area contributed by atoms with E-state index in [1.165, 1.54) is 19.1 Å². The molecule has 2 aromatic rings. The van der Waals surface area contributed by atoms with Gasteiger partial charge in [0.15, 0.2) is 0 Å². The highest BCUT2D eigenvalue weighted by Crippen LogP contribution is 2.42. The molecule has 32 heavy (non-hydrogen) atoms. The van der Waals surface area contributed by atoms with Crippen molar-refractivity contribution in [3.05, 3.63) is 58.1 Å². The number of aromatic nitrogens is 1. The SMILES string of the molecule is C[C@@H]1C[C@](Cc2nc(Br)ccc2F)(C(=O)O)CCN1S(=O)(=O)c1ccccc1C(F)(F)F. The van der Waals surface area contributed by atoms with Crippen molar-refractivity contribution in [1.29, 1.82) is 0 Å². The third-order valence-electron chi connectivity index (χ3n) is 5.61. The van der Waals surface area contributed by atoms with Crippen LogP contribution >= 0.6 is 15.9 Å². The standard InChI is InChI=1S/C20H19BrF4N2O4S/c1-12-10-19(18(28)29,11-15-14(22)6-7-17(21)26-15)8-9-27(12)32(30,31)16-5-3-2-4-13(16)20(23,24)25/h2-7,12H,8-11H2,1H3,(H,28,29)/t12-,19-/m1/s1. The van der Waals surface area contributed by atoms with Gasteiger partial charge in [-0.3, -0.25) is 4.79 Å². The summed E-state index contributed by atoms with van der Waals surface area (Å²) < 4.78 is 81.7. The number of carboxylic acids is 1. The smallest absolute Gasteiger partial charge is 0.417 e. The molecule has 6 nitrogen and oxygen atoms in total. The van der Waals surface area contributed by atoms with Gasteiger partial charge in [-0.1, -0.05) is 12.1 Å². The average Bonchev–Trinajstić information content (AvgIpc) is 2.70. The second kappa shape index (κ2) is 8.71. The molecule has 2 heterocycles. The molecule has 1 saturated heterocycles. The molecular formula is C20H19BrF4N2O4S. The van der Waals surface area contributed by atoms with E-state index in [1.807, 2.05) is 0 Å². The molecule has 1 aliphatic heterocycles. The maximum Gasteiger partial charge on any atom is 0.417 e. The lowest BCUT2D eigenvalue weighted by atomic mass is 9.73. The van der Waals surface area contributed by atoms with Crippen LogP contribution in [0.5, 0.6) is 0 Å². The summed E-state index contributed by atoms with van der Waals surface area (Å²) in [5.41, 5.74) is -2.90. The van der Waals surface area contributed by atoms with E-state index < -0.39 is 49.9 Å². The molecule has 0 bridgehead atoms. The van der Waals surface area contributed by atoms with Crippen molar-refractivity contribution in [1.82, 2.24) is 9.29 Å². The van der Waals surface area contributed by atoms with Gasteiger partial charge in [-0.15, -0.1) is 0 Å². The van der Waals surface area contributed by atoms with Crippen LogP contribution in [0.1, 0.15) is 31.0 Å². The van der Waals surface area contributed by atoms with Crippen molar-refractivity contribution < 1.29 is 35.9 Å². The molecule has 0 radical (unpaired) electrons. The van der Waals surface area contributed by atoms with E-state index in [2.05, 4.69) is 20.9 Å². The van der Waals surface area contributed by atoms with Crippen molar-refractivity contribution in [2.24, 2.45) is 5.41 Å². The first-order chi connectivity index (χ1) is 14.8. The van der Waals surface area contributed by atoms with Gasteiger partial charge in [0.25, 0.3) is 0 Å². The van der Waals surface area contributed by atoms with Crippen LogP contribution in [0.3, 0.4) is 0 Å². The number of piperidine rings is 1. The van der Waals surface area contributed by atoms with Crippen molar-refractivity contribution >= 4 is 31.9 Å². The van der Waals surface area contributed by atoms with Gasteiger partial charge < -0.3 is 5.11 Å². The summed E-state index contributed by atoms with van der Waals surface area (Å²) >= 11 is 3.11. The largest absolute Gasteiger partial charge is 0.481 e. The normalized spacial score (nSPS) is 22.6. The molecule has 0 spiro atoms. The molecule has 1 aromatic heterocycles. The minimum atomic E-state index is -4.88. The van der Waals surface area contributed by atoms with E-state index in [0.717, 1.165) is 22.5 Å². The summed E-state index contributed by atoms with van der Waals surface area (Å²) in [4.78, 5) is 15.3. The van der Waals surface area contributed by atoms with Crippen LogP contribution in [-0.2, 0) is 27.4 Å². The van der Waals surface area contributed by atoms with E-state index in [4.69, 9.17) is 0 Å². The maximum absolute atomic E-state index is 14.2. The summed E-state index contributed by atoms with van der Waals surface area (Å²) in [5, 5.41) is 9.91. The molecule has 1 aromatic carbocycles. The van der Waals surface area contributed by atoms with Crippen LogP contribution in [0.4, 0.5) is 17.6 Å². The van der Waals surface area contributed by atoms with Crippen molar-refractivity contribution in [2.45, 2.75) is 43.3 Å². The number of hydrogen-bond acceptors (Lipinski definition) is 4. The first-order valence-electron chi connectivity index (χ1n) is 9.50. The fourth-order valence-electron chi connectivity index (χ4n) is 4.06. The van der Waals surface area contributed by atoms with Crippen LogP contribution in [0.2, 0.25) is 0 Å². The molecule has 174 valence electrons. The topological polar surface area (TPSA) is 87.6 Å². The van der Waals surface area contributed by atoms with Gasteiger partial charge in [-0.05, 0) is 60.0 Å². The van der Waals surface area contributed by atoms with Crippen molar-refractivity contribution in [2.75, 3.05) is 6.54 Å². The molecule has 12 heteroatoms. The van der Waals surface area contributed by atoms with Crippen LogP contribution in [-0.4, -0.2) is 41.4 Å². The van der Waals surface area contributed by atoms with Gasteiger partial charge in [0.05, 0.1) is 21.6 Å². The summed E-state index contributed by atoms with van der Waals surface area (Å²) in [6.45, 7) is 1.09. The van der Waals surface area contributed by atoms with Gasteiger partial charge in [-0.2, -0.15) is 17.5 Å². The zero-order valence-corrected chi connectivity index (χ0v) is 19.1. The number of carbonyl (C=O) groups is 1. The lowest BCUT2D eigenvalue weighted by molar-refractivity contribution is -0.152. The number of benzene rings is 1. The monoisotopic (exact) mass is 538 g/mol. The number of hydrogen-bond donors (Lipinski definition) is 1. The van der Waals surface area contributed by atoms with Gasteiger partial charge in [-0.25, -0.2) is 17.8 Å². The highest BCUT2D eigenvalue weighted by atomic mass is 79.9. The van der Waals surface area contributed by atoms with Crippen LogP contribution in [0.15, 0.2) is 45.9 Å². The number of nitrogens with zero attached hydrogens (tertiary/aromatic N) is 2. The Bertz CT molecular complexity index is 1140. The maximum atomic E-state index is 14.2. The number of rotatable bonds is 5. The van der Waals surface area contributed by atoms with Gasteiger partial charge in [0.1, 0.15) is 10.4 Å². The van der Waals surface area contributed by atoms with E-state index in [0.29, 0.717) is 10.7 Å². The number of alkyl halides is 3. The summed E-state index contributed by atoms with van der Waals surface area (Å²) in [6.07, 6.45) is -5.60. The molecule has 0 saturated carbocycles. The predicted octanol–water partition coefficient (Wildman–Crippen LogP) is 4.49. The van der Waals surface area contributed by atoms with E-state index in [9.17, 15) is 35.9 Å². The lowest BCUT2D eigenvalue weighted by Gasteiger charge is -2.42. The third-order valence-corrected chi connectivity index (χ3v) is 8.13. The summed E-state index contributed by atoms with van der Waals surface area (Å²) in [7, 11) is -4.57. The lowest BCUT2D eigenvalue weighted by Crippen LogP contribution is -2.52. The fraction of sp³-hybridized carbons (Fsp3) is 0.400. The first-order valence-corrected chi connectivity index (χ1v) is 11.7. The summed E-state index contributed by atoms with van der Waals surface area (Å²) in [5.74, 6) is -1.95. The van der Waals surface area contributed by atoms with Crippen LogP contribution in [0.25, 0.3) is 0 Å². The van der Waals surface area contributed by atoms with Crippen LogP contribution in [0, 0.1) is 11.2 Å². The molecule has 0 amide bonds. The Hall–Kier alpha value is -2.05. The highest BCUT2D eigenvalue weighted by molar-refractivity contribution is 9.10. The number of sulfonamides is 1. The molecule has 1 fully saturated rings. The Kier molecular flexibility index (Phi) is 6.69. The van der Waals surface area contributed by atoms with Crippen molar-refractivity contribution in [3.63, 3.8) is 0 Å².